The van der Waals surface area contributed by atoms with E-state index in [2.05, 4.69) is 46.2 Å². The number of piperazine rings is 2. The lowest BCUT2D eigenvalue weighted by molar-refractivity contribution is -0.139. The Morgan fingerprint density at radius 1 is 0.852 bits per heavy atom. The number of rotatable bonds is 5. The lowest BCUT2D eigenvalue weighted by atomic mass is 10.2. The van der Waals surface area contributed by atoms with E-state index in [0.29, 0.717) is 32.7 Å². The Kier molecular flexibility index (Phi) is 7.01. The second-order valence-electron chi connectivity index (χ2n) is 7.28. The summed E-state index contributed by atoms with van der Waals surface area (Å²) >= 11 is 0. The minimum Gasteiger partial charge on any atom is -0.339 e. The van der Waals surface area contributed by atoms with E-state index in [1.54, 1.807) is 6.92 Å². The molecule has 0 N–H and O–H groups in total. The summed E-state index contributed by atoms with van der Waals surface area (Å²) < 4.78 is 0. The molecule has 3 rings (SSSR count). The van der Waals surface area contributed by atoms with Gasteiger partial charge in [-0.25, -0.2) is 0 Å². The zero-order valence-corrected chi connectivity index (χ0v) is 16.2. The van der Waals surface area contributed by atoms with Crippen molar-refractivity contribution in [3.05, 3.63) is 42.0 Å². The lowest BCUT2D eigenvalue weighted by Crippen LogP contribution is -2.54. The molecule has 2 fully saturated rings. The molecule has 2 saturated heterocycles. The Balaban J connectivity index is 1.35. The van der Waals surface area contributed by atoms with Gasteiger partial charge in [0, 0.05) is 65.8 Å². The Morgan fingerprint density at radius 2 is 1.44 bits per heavy atom. The molecule has 2 amide bonds. The van der Waals surface area contributed by atoms with Crippen molar-refractivity contribution in [3.8, 4) is 0 Å². The molecule has 0 radical (unpaired) electrons. The van der Waals surface area contributed by atoms with Crippen LogP contribution in [0.1, 0.15) is 12.5 Å². The highest BCUT2D eigenvalue weighted by Crippen LogP contribution is 2.07. The van der Waals surface area contributed by atoms with E-state index >= 15 is 0 Å². The molecule has 27 heavy (non-hydrogen) atoms. The van der Waals surface area contributed by atoms with Crippen LogP contribution in [-0.4, -0.2) is 96.9 Å². The van der Waals surface area contributed by atoms with Gasteiger partial charge in [-0.2, -0.15) is 0 Å². The van der Waals surface area contributed by atoms with Crippen LogP contribution in [0.3, 0.4) is 0 Å². The zero-order valence-electron chi connectivity index (χ0n) is 16.2. The van der Waals surface area contributed by atoms with Crippen molar-refractivity contribution in [1.29, 1.82) is 0 Å². The molecule has 0 atom stereocenters. The van der Waals surface area contributed by atoms with E-state index in [1.807, 2.05) is 15.9 Å². The maximum absolute atomic E-state index is 12.5. The maximum atomic E-state index is 12.5. The lowest BCUT2D eigenvalue weighted by Gasteiger charge is -2.37. The Bertz CT molecular complexity index is 645. The highest BCUT2D eigenvalue weighted by atomic mass is 16.2. The minimum atomic E-state index is 0.0968. The third kappa shape index (κ3) is 5.91. The molecule has 0 spiro atoms. The second-order valence-corrected chi connectivity index (χ2v) is 7.28. The molecule has 0 aliphatic carbocycles. The van der Waals surface area contributed by atoms with E-state index in [-0.39, 0.29) is 11.8 Å². The van der Waals surface area contributed by atoms with Gasteiger partial charge in [-0.1, -0.05) is 42.5 Å². The van der Waals surface area contributed by atoms with Gasteiger partial charge in [0.25, 0.3) is 0 Å². The molecular formula is C21H30N4O2. The number of nitrogens with zero attached hydrogens (tertiary/aromatic N) is 4. The molecule has 2 heterocycles. The zero-order chi connectivity index (χ0) is 19.1. The van der Waals surface area contributed by atoms with Gasteiger partial charge in [0.15, 0.2) is 0 Å². The number of amides is 2. The smallest absolute Gasteiger partial charge is 0.236 e. The average molecular weight is 370 g/mol. The molecular weight excluding hydrogens is 340 g/mol. The summed E-state index contributed by atoms with van der Waals surface area (Å²) in [5.41, 5.74) is 1.23. The topological polar surface area (TPSA) is 47.1 Å². The Labute approximate surface area is 162 Å². The highest BCUT2D eigenvalue weighted by Gasteiger charge is 2.25. The quantitative estimate of drug-likeness (QED) is 0.776. The van der Waals surface area contributed by atoms with E-state index < -0.39 is 0 Å². The highest BCUT2D eigenvalue weighted by molar-refractivity contribution is 5.79. The van der Waals surface area contributed by atoms with Crippen molar-refractivity contribution in [2.75, 3.05) is 65.4 Å². The van der Waals surface area contributed by atoms with Crippen LogP contribution in [0.4, 0.5) is 0 Å². The summed E-state index contributed by atoms with van der Waals surface area (Å²) in [5.74, 6) is 0.287. The molecule has 1 aromatic carbocycles. The number of hydrogen-bond donors (Lipinski definition) is 0. The molecule has 2 aliphatic heterocycles. The largest absolute Gasteiger partial charge is 0.339 e. The summed E-state index contributed by atoms with van der Waals surface area (Å²) in [7, 11) is 0. The fourth-order valence-electron chi connectivity index (χ4n) is 3.59. The summed E-state index contributed by atoms with van der Waals surface area (Å²) in [4.78, 5) is 32.3. The van der Waals surface area contributed by atoms with E-state index in [1.165, 1.54) is 5.56 Å². The van der Waals surface area contributed by atoms with Crippen LogP contribution in [0.25, 0.3) is 6.08 Å². The second kappa shape index (κ2) is 9.67. The first kappa shape index (κ1) is 19.6. The summed E-state index contributed by atoms with van der Waals surface area (Å²) in [6.45, 7) is 9.49. The molecule has 1 aromatic rings. The SMILES string of the molecule is CC(=O)N1CCN(C(=O)CN2CCN(C/C=C/c3ccccc3)CC2)CC1. The van der Waals surface area contributed by atoms with Gasteiger partial charge < -0.3 is 9.80 Å². The van der Waals surface area contributed by atoms with Crippen molar-refractivity contribution in [1.82, 2.24) is 19.6 Å². The number of benzene rings is 1. The molecule has 0 aromatic heterocycles. The number of hydrogen-bond acceptors (Lipinski definition) is 4. The van der Waals surface area contributed by atoms with Crippen molar-refractivity contribution >= 4 is 17.9 Å². The van der Waals surface area contributed by atoms with Crippen LogP contribution in [0.15, 0.2) is 36.4 Å². The van der Waals surface area contributed by atoms with Gasteiger partial charge >= 0.3 is 0 Å². The minimum absolute atomic E-state index is 0.0968. The van der Waals surface area contributed by atoms with Gasteiger partial charge in [-0.15, -0.1) is 0 Å². The average Bonchev–Trinajstić information content (AvgIpc) is 2.70. The van der Waals surface area contributed by atoms with Crippen LogP contribution in [0, 0.1) is 0 Å². The monoisotopic (exact) mass is 370 g/mol. The third-order valence-corrected chi connectivity index (χ3v) is 5.37. The van der Waals surface area contributed by atoms with Crippen LogP contribution in [-0.2, 0) is 9.59 Å². The molecule has 6 nitrogen and oxygen atoms in total. The predicted molar refractivity (Wildman–Crippen MR) is 107 cm³/mol. The first-order chi connectivity index (χ1) is 13.1. The van der Waals surface area contributed by atoms with Gasteiger partial charge in [0.2, 0.25) is 11.8 Å². The van der Waals surface area contributed by atoms with E-state index in [0.717, 1.165) is 32.7 Å². The first-order valence-electron chi connectivity index (χ1n) is 9.81. The molecule has 0 unspecified atom stereocenters. The van der Waals surface area contributed by atoms with Crippen molar-refractivity contribution < 1.29 is 9.59 Å². The van der Waals surface area contributed by atoms with Gasteiger partial charge in [0.1, 0.15) is 0 Å². The van der Waals surface area contributed by atoms with Crippen LogP contribution in [0.2, 0.25) is 0 Å². The van der Waals surface area contributed by atoms with E-state index in [4.69, 9.17) is 0 Å². The summed E-state index contributed by atoms with van der Waals surface area (Å²) in [5, 5.41) is 0. The molecule has 6 heteroatoms. The molecule has 0 saturated carbocycles. The Hall–Kier alpha value is -2.18. The number of carbonyl (C=O) groups is 2. The standard InChI is InChI=1S/C21H30N4O2/c1-19(26)24-14-16-25(17-15-24)21(27)18-23-12-10-22(11-13-23)9-5-8-20-6-3-2-4-7-20/h2-8H,9-18H2,1H3/b8-5+. The van der Waals surface area contributed by atoms with Crippen molar-refractivity contribution in [2.24, 2.45) is 0 Å². The van der Waals surface area contributed by atoms with Crippen LogP contribution in [0.5, 0.6) is 0 Å². The van der Waals surface area contributed by atoms with Crippen molar-refractivity contribution in [2.45, 2.75) is 6.92 Å². The van der Waals surface area contributed by atoms with Gasteiger partial charge in [-0.05, 0) is 5.56 Å². The first-order valence-corrected chi connectivity index (χ1v) is 9.81. The predicted octanol–water partition coefficient (Wildman–Crippen LogP) is 1.01. The van der Waals surface area contributed by atoms with Crippen LogP contribution < -0.4 is 0 Å². The fourth-order valence-corrected chi connectivity index (χ4v) is 3.59. The van der Waals surface area contributed by atoms with E-state index in [9.17, 15) is 9.59 Å². The molecule has 0 bridgehead atoms. The molecule has 146 valence electrons. The van der Waals surface area contributed by atoms with Gasteiger partial charge in [-0.3, -0.25) is 19.4 Å². The summed E-state index contributed by atoms with van der Waals surface area (Å²) in [6.07, 6.45) is 4.38. The number of carbonyl (C=O) groups excluding carboxylic acids is 2. The van der Waals surface area contributed by atoms with Crippen molar-refractivity contribution in [3.63, 3.8) is 0 Å². The third-order valence-electron chi connectivity index (χ3n) is 5.37. The maximum Gasteiger partial charge on any atom is 0.236 e. The Morgan fingerprint density at radius 3 is 2.07 bits per heavy atom. The van der Waals surface area contributed by atoms with Crippen LogP contribution >= 0.6 is 0 Å². The fraction of sp³-hybridized carbons (Fsp3) is 0.524. The molecule has 2 aliphatic rings. The normalized spacial score (nSPS) is 19.6. The summed E-state index contributed by atoms with van der Waals surface area (Å²) in [6, 6.07) is 10.3. The van der Waals surface area contributed by atoms with Gasteiger partial charge in [0.05, 0.1) is 6.54 Å².